The van der Waals surface area contributed by atoms with Crippen LogP contribution in [-0.2, 0) is 0 Å². The molecule has 2 heteroatoms. The molecule has 1 unspecified atom stereocenters. The fraction of sp³-hybridized carbons (Fsp3) is 1.00. The van der Waals surface area contributed by atoms with E-state index in [1.54, 1.807) is 0 Å². The van der Waals surface area contributed by atoms with Crippen LogP contribution in [0.5, 0.6) is 0 Å². The Morgan fingerprint density at radius 1 is 1.36 bits per heavy atom. The summed E-state index contributed by atoms with van der Waals surface area (Å²) in [5.74, 6) is 0. The molecule has 1 heterocycles. The van der Waals surface area contributed by atoms with Crippen LogP contribution in [0.2, 0.25) is 0 Å². The second-order valence-electron chi connectivity index (χ2n) is 5.02. The Hall–Kier alpha value is -0.0800. The van der Waals surface area contributed by atoms with Crippen molar-refractivity contribution >= 4 is 0 Å². The minimum atomic E-state index is 0.374. The number of rotatable bonds is 3. The maximum atomic E-state index is 3.62. The summed E-state index contributed by atoms with van der Waals surface area (Å²) in [4.78, 5) is 2.65. The van der Waals surface area contributed by atoms with Gasteiger partial charge in [0.15, 0.2) is 0 Å². The van der Waals surface area contributed by atoms with Gasteiger partial charge in [-0.3, -0.25) is 4.90 Å². The van der Waals surface area contributed by atoms with Gasteiger partial charge in [-0.25, -0.2) is 0 Å². The molecule has 0 spiro atoms. The van der Waals surface area contributed by atoms with Crippen molar-refractivity contribution in [2.75, 3.05) is 19.6 Å². The zero-order valence-electron chi connectivity index (χ0n) is 10.3. The van der Waals surface area contributed by atoms with Crippen LogP contribution in [0.4, 0.5) is 0 Å². The summed E-state index contributed by atoms with van der Waals surface area (Å²) in [6.45, 7) is 13.0. The van der Waals surface area contributed by atoms with Crippen LogP contribution in [0.1, 0.15) is 47.0 Å². The van der Waals surface area contributed by atoms with E-state index in [0.717, 1.165) is 0 Å². The van der Waals surface area contributed by atoms with Crippen LogP contribution in [-0.4, -0.2) is 36.1 Å². The van der Waals surface area contributed by atoms with Gasteiger partial charge in [0.05, 0.1) is 0 Å². The zero-order valence-corrected chi connectivity index (χ0v) is 10.3. The predicted octanol–water partition coefficient (Wildman–Crippen LogP) is 2.25. The summed E-state index contributed by atoms with van der Waals surface area (Å²) in [7, 11) is 0. The molecule has 1 rings (SSSR count). The van der Waals surface area contributed by atoms with E-state index in [-0.39, 0.29) is 0 Å². The molecule has 1 atom stereocenters. The van der Waals surface area contributed by atoms with Gasteiger partial charge in [0.25, 0.3) is 0 Å². The summed E-state index contributed by atoms with van der Waals surface area (Å²) in [6.07, 6.45) is 3.78. The minimum absolute atomic E-state index is 0.374. The molecule has 0 saturated carbocycles. The Balaban J connectivity index is 2.58. The van der Waals surface area contributed by atoms with Crippen molar-refractivity contribution < 1.29 is 0 Å². The number of hydrogen-bond acceptors (Lipinski definition) is 2. The molecule has 0 aliphatic carbocycles. The summed E-state index contributed by atoms with van der Waals surface area (Å²) in [6, 6.07) is 0.698. The highest BCUT2D eigenvalue weighted by Gasteiger charge is 2.27. The molecule has 14 heavy (non-hydrogen) atoms. The van der Waals surface area contributed by atoms with Crippen molar-refractivity contribution in [3.05, 3.63) is 0 Å². The monoisotopic (exact) mass is 198 g/mol. The molecule has 0 aromatic rings. The fourth-order valence-corrected chi connectivity index (χ4v) is 2.04. The van der Waals surface area contributed by atoms with Crippen LogP contribution in [0, 0.1) is 0 Å². The molecule has 1 N–H and O–H groups in total. The number of nitrogens with zero attached hydrogens (tertiary/aromatic N) is 1. The van der Waals surface area contributed by atoms with E-state index in [9.17, 15) is 0 Å². The Bertz CT molecular complexity index is 166. The highest BCUT2D eigenvalue weighted by Crippen LogP contribution is 2.20. The molecule has 0 aromatic carbocycles. The first-order valence-corrected chi connectivity index (χ1v) is 6.08. The Morgan fingerprint density at radius 3 is 2.64 bits per heavy atom. The maximum Gasteiger partial charge on any atom is 0.0192 e. The number of hydrogen-bond donors (Lipinski definition) is 1. The van der Waals surface area contributed by atoms with Crippen LogP contribution < -0.4 is 5.32 Å². The van der Waals surface area contributed by atoms with Crippen LogP contribution in [0.3, 0.4) is 0 Å². The van der Waals surface area contributed by atoms with Crippen LogP contribution in [0.15, 0.2) is 0 Å². The van der Waals surface area contributed by atoms with E-state index in [0.29, 0.717) is 11.6 Å². The summed E-state index contributed by atoms with van der Waals surface area (Å²) >= 11 is 0. The average molecular weight is 198 g/mol. The molecule has 0 aromatic heterocycles. The van der Waals surface area contributed by atoms with Gasteiger partial charge >= 0.3 is 0 Å². The van der Waals surface area contributed by atoms with E-state index in [1.807, 2.05) is 0 Å². The Kier molecular flexibility index (Phi) is 4.39. The van der Waals surface area contributed by atoms with Crippen molar-refractivity contribution in [1.82, 2.24) is 10.2 Å². The van der Waals surface area contributed by atoms with Gasteiger partial charge in [0.2, 0.25) is 0 Å². The summed E-state index contributed by atoms with van der Waals surface area (Å²) < 4.78 is 0. The normalized spacial score (nSPS) is 26.1. The van der Waals surface area contributed by atoms with Gasteiger partial charge in [-0.2, -0.15) is 0 Å². The Labute approximate surface area is 89.1 Å². The largest absolute Gasteiger partial charge is 0.313 e. The molecule has 0 bridgehead atoms. The highest BCUT2D eigenvalue weighted by atomic mass is 15.2. The first-order chi connectivity index (χ1) is 6.60. The molecule has 1 saturated heterocycles. The molecule has 1 fully saturated rings. The van der Waals surface area contributed by atoms with E-state index in [1.165, 1.54) is 38.9 Å². The molecular weight excluding hydrogens is 172 g/mol. The summed E-state index contributed by atoms with van der Waals surface area (Å²) in [5.41, 5.74) is 0.374. The van der Waals surface area contributed by atoms with Crippen molar-refractivity contribution in [3.8, 4) is 0 Å². The lowest BCUT2D eigenvalue weighted by Crippen LogP contribution is -2.48. The molecule has 0 radical (unpaired) electrons. The molecule has 1 aliphatic rings. The SMILES string of the molecule is CCC1CN(C(C)(C)CC)CCCN1. The van der Waals surface area contributed by atoms with Crippen molar-refractivity contribution in [1.29, 1.82) is 0 Å². The van der Waals surface area contributed by atoms with Crippen molar-refractivity contribution in [2.45, 2.75) is 58.5 Å². The lowest BCUT2D eigenvalue weighted by atomic mass is 9.98. The summed E-state index contributed by atoms with van der Waals surface area (Å²) in [5, 5.41) is 3.62. The van der Waals surface area contributed by atoms with Crippen LogP contribution in [0.25, 0.3) is 0 Å². The zero-order chi connectivity index (χ0) is 10.6. The lowest BCUT2D eigenvalue weighted by Gasteiger charge is -2.38. The third-order valence-electron chi connectivity index (χ3n) is 3.69. The molecule has 2 nitrogen and oxygen atoms in total. The standard InChI is InChI=1S/C12H26N2/c1-5-11-10-14(9-7-8-13-11)12(3,4)6-2/h11,13H,5-10H2,1-4H3. The second-order valence-corrected chi connectivity index (χ2v) is 5.02. The quantitative estimate of drug-likeness (QED) is 0.748. The minimum Gasteiger partial charge on any atom is -0.313 e. The van der Waals surface area contributed by atoms with Gasteiger partial charge in [0.1, 0.15) is 0 Å². The smallest absolute Gasteiger partial charge is 0.0192 e. The average Bonchev–Trinajstić information content (AvgIpc) is 2.43. The topological polar surface area (TPSA) is 15.3 Å². The molecular formula is C12H26N2. The van der Waals surface area contributed by atoms with Gasteiger partial charge in [-0.05, 0) is 46.2 Å². The molecule has 84 valence electrons. The van der Waals surface area contributed by atoms with Gasteiger partial charge in [-0.1, -0.05) is 13.8 Å². The fourth-order valence-electron chi connectivity index (χ4n) is 2.04. The van der Waals surface area contributed by atoms with E-state index < -0.39 is 0 Å². The second kappa shape index (κ2) is 5.13. The van der Waals surface area contributed by atoms with E-state index >= 15 is 0 Å². The van der Waals surface area contributed by atoms with E-state index in [2.05, 4.69) is 37.9 Å². The first kappa shape index (κ1) is 12.0. The molecule has 1 aliphatic heterocycles. The first-order valence-electron chi connectivity index (χ1n) is 6.08. The van der Waals surface area contributed by atoms with Crippen LogP contribution >= 0.6 is 0 Å². The third-order valence-corrected chi connectivity index (χ3v) is 3.69. The third kappa shape index (κ3) is 2.96. The number of nitrogens with one attached hydrogen (secondary N) is 1. The van der Waals surface area contributed by atoms with Gasteiger partial charge < -0.3 is 5.32 Å². The van der Waals surface area contributed by atoms with Crippen molar-refractivity contribution in [2.24, 2.45) is 0 Å². The van der Waals surface area contributed by atoms with Gasteiger partial charge in [0, 0.05) is 18.1 Å². The molecule has 0 amide bonds. The maximum absolute atomic E-state index is 3.62. The van der Waals surface area contributed by atoms with Crippen molar-refractivity contribution in [3.63, 3.8) is 0 Å². The predicted molar refractivity (Wildman–Crippen MR) is 62.6 cm³/mol. The Morgan fingerprint density at radius 2 is 2.07 bits per heavy atom. The van der Waals surface area contributed by atoms with E-state index in [4.69, 9.17) is 0 Å². The van der Waals surface area contributed by atoms with Gasteiger partial charge in [-0.15, -0.1) is 0 Å². The highest BCUT2D eigenvalue weighted by molar-refractivity contribution is 4.85. The lowest BCUT2D eigenvalue weighted by molar-refractivity contribution is 0.113.